The molecule has 2 heterocycles. The monoisotopic (exact) mass is 769 g/mol. The van der Waals surface area contributed by atoms with Gasteiger partial charge in [-0.2, -0.15) is 0 Å². The molecule has 0 saturated heterocycles. The van der Waals surface area contributed by atoms with E-state index in [0.29, 0.717) is 5.92 Å². The summed E-state index contributed by atoms with van der Waals surface area (Å²) in [6.45, 7) is 13.7. The molecule has 0 spiro atoms. The average molecular weight is 769 g/mol. The van der Waals surface area contributed by atoms with Crippen molar-refractivity contribution in [3.05, 3.63) is 139 Å². The van der Waals surface area contributed by atoms with Gasteiger partial charge in [0.1, 0.15) is 0 Å². The molecule has 4 aromatic carbocycles. The van der Waals surface area contributed by atoms with Gasteiger partial charge in [0, 0.05) is 32.5 Å². The Morgan fingerprint density at radius 3 is 2.11 bits per heavy atom. The molecule has 6 rings (SSSR count). The van der Waals surface area contributed by atoms with Gasteiger partial charge in [0.25, 0.3) is 0 Å². The molecular formula is C40H40IrN2Si-2. The minimum Gasteiger partial charge on any atom is -0.305 e. The molecule has 0 aliphatic heterocycles. The molecule has 44 heavy (non-hydrogen) atoms. The third kappa shape index (κ3) is 7.87. The summed E-state index contributed by atoms with van der Waals surface area (Å²) in [5.41, 5.74) is 9.24. The summed E-state index contributed by atoms with van der Waals surface area (Å²) in [6, 6.07) is 42.2. The molecule has 6 aromatic rings. The van der Waals surface area contributed by atoms with Crippen molar-refractivity contribution in [2.24, 2.45) is 0 Å². The Balaban J connectivity index is 0.000000207. The van der Waals surface area contributed by atoms with Gasteiger partial charge >= 0.3 is 0 Å². The largest absolute Gasteiger partial charge is 0.305 e. The summed E-state index contributed by atoms with van der Waals surface area (Å²) in [7, 11) is -1.30. The summed E-state index contributed by atoms with van der Waals surface area (Å²) >= 11 is 0. The van der Waals surface area contributed by atoms with Crippen molar-refractivity contribution >= 4 is 24.0 Å². The molecule has 1 radical (unpaired) electrons. The predicted octanol–water partition coefficient (Wildman–Crippen LogP) is 10.1. The van der Waals surface area contributed by atoms with E-state index in [1.807, 2.05) is 30.5 Å². The quantitative estimate of drug-likeness (QED) is 0.125. The maximum atomic E-state index is 4.70. The summed E-state index contributed by atoms with van der Waals surface area (Å²) in [6.07, 6.45) is 5.12. The minimum atomic E-state index is -1.30. The fourth-order valence-electron chi connectivity index (χ4n) is 5.35. The SMILES string of the molecule is CC(C)c1cc[c-]c(-c2ccc(-c3cccc4ccccc34)cn2)c1.CCc1cc(-c2[c-]cccc2)ncc1[Si](C)(C)C.[Ir]. The van der Waals surface area contributed by atoms with E-state index in [4.69, 9.17) is 4.98 Å². The Bertz CT molecular complexity index is 1800. The van der Waals surface area contributed by atoms with Crippen LogP contribution in [0.3, 0.4) is 0 Å². The van der Waals surface area contributed by atoms with E-state index in [2.05, 4.69) is 143 Å². The molecule has 0 aliphatic rings. The molecule has 0 fully saturated rings. The van der Waals surface area contributed by atoms with Crippen LogP contribution >= 0.6 is 0 Å². The van der Waals surface area contributed by atoms with Crippen molar-refractivity contribution in [1.82, 2.24) is 9.97 Å². The number of pyridine rings is 2. The number of fused-ring (bicyclic) bond motifs is 1. The van der Waals surface area contributed by atoms with Gasteiger partial charge in [-0.1, -0.05) is 107 Å². The third-order valence-corrected chi connectivity index (χ3v) is 9.86. The first-order valence-electron chi connectivity index (χ1n) is 15.2. The first-order chi connectivity index (χ1) is 20.7. The van der Waals surface area contributed by atoms with Gasteiger partial charge in [-0.15, -0.1) is 71.3 Å². The fraction of sp³-hybridized carbons (Fsp3) is 0.200. The van der Waals surface area contributed by atoms with E-state index >= 15 is 0 Å². The molecule has 0 bridgehead atoms. The second kappa shape index (κ2) is 14.9. The molecule has 2 aromatic heterocycles. The number of nitrogens with zero attached hydrogens (tertiary/aromatic N) is 2. The van der Waals surface area contributed by atoms with Gasteiger partial charge in [-0.25, -0.2) is 0 Å². The summed E-state index contributed by atoms with van der Waals surface area (Å²) in [5.74, 6) is 0.503. The standard InChI is InChI=1S/C24H20N.C16H20NSi.Ir/c1-17(2)19-9-5-10-20(15-19)24-14-13-21(16-25-24)23-12-6-8-18-7-3-4-11-22(18)23;1-5-13-11-15(14-9-7-6-8-10-14)17-12-16(13)18(2,3)4;/h3-9,11-17H,1-2H3;6-9,11-12H,5H2,1-4H3;/q2*-1;. The zero-order valence-electron chi connectivity index (χ0n) is 26.5. The van der Waals surface area contributed by atoms with Gasteiger partial charge in [0.2, 0.25) is 0 Å². The van der Waals surface area contributed by atoms with E-state index in [0.717, 1.165) is 34.5 Å². The number of hydrogen-bond acceptors (Lipinski definition) is 2. The minimum absolute atomic E-state index is 0. The molecule has 2 nitrogen and oxygen atoms in total. The first-order valence-corrected chi connectivity index (χ1v) is 18.7. The Labute approximate surface area is 278 Å². The number of aryl methyl sites for hydroxylation is 1. The maximum Gasteiger partial charge on any atom is 0.0798 e. The van der Waals surface area contributed by atoms with Crippen LogP contribution in [0, 0.1) is 12.1 Å². The number of benzene rings is 4. The average Bonchev–Trinajstić information content (AvgIpc) is 3.04. The third-order valence-electron chi connectivity index (χ3n) is 7.80. The van der Waals surface area contributed by atoms with E-state index in [1.54, 1.807) is 0 Å². The summed E-state index contributed by atoms with van der Waals surface area (Å²) < 4.78 is 0. The second-order valence-electron chi connectivity index (χ2n) is 12.3. The van der Waals surface area contributed by atoms with Crippen molar-refractivity contribution < 1.29 is 20.1 Å². The van der Waals surface area contributed by atoms with Gasteiger partial charge in [0.15, 0.2) is 0 Å². The smallest absolute Gasteiger partial charge is 0.0798 e. The van der Waals surface area contributed by atoms with E-state index in [9.17, 15) is 0 Å². The molecule has 0 aliphatic carbocycles. The number of rotatable bonds is 6. The van der Waals surface area contributed by atoms with Crippen LogP contribution in [0.15, 0.2) is 116 Å². The number of hydrogen-bond donors (Lipinski definition) is 0. The zero-order chi connectivity index (χ0) is 30.4. The van der Waals surface area contributed by atoms with E-state index in [-0.39, 0.29) is 20.1 Å². The van der Waals surface area contributed by atoms with Crippen LogP contribution in [-0.2, 0) is 26.5 Å². The zero-order valence-corrected chi connectivity index (χ0v) is 29.9. The van der Waals surface area contributed by atoms with Crippen molar-refractivity contribution in [2.75, 3.05) is 0 Å². The second-order valence-corrected chi connectivity index (χ2v) is 17.3. The van der Waals surface area contributed by atoms with Crippen molar-refractivity contribution in [1.29, 1.82) is 0 Å². The van der Waals surface area contributed by atoms with Crippen molar-refractivity contribution in [2.45, 2.75) is 52.8 Å². The molecule has 0 unspecified atom stereocenters. The van der Waals surface area contributed by atoms with Crippen LogP contribution in [0.1, 0.15) is 37.8 Å². The topological polar surface area (TPSA) is 25.8 Å². The van der Waals surface area contributed by atoms with Crippen LogP contribution in [0.4, 0.5) is 0 Å². The normalized spacial score (nSPS) is 11.1. The van der Waals surface area contributed by atoms with Crippen LogP contribution in [0.2, 0.25) is 19.6 Å². The van der Waals surface area contributed by atoms with Gasteiger partial charge in [-0.05, 0) is 50.8 Å². The Morgan fingerprint density at radius 1 is 0.705 bits per heavy atom. The van der Waals surface area contributed by atoms with E-state index in [1.165, 1.54) is 32.6 Å². The maximum absolute atomic E-state index is 4.70. The summed E-state index contributed by atoms with van der Waals surface area (Å²) in [4.78, 5) is 9.33. The van der Waals surface area contributed by atoms with Crippen LogP contribution in [0.5, 0.6) is 0 Å². The Morgan fingerprint density at radius 2 is 1.43 bits per heavy atom. The molecule has 4 heteroatoms. The first kappa shape index (κ1) is 33.2. The Kier molecular flexibility index (Phi) is 11.2. The van der Waals surface area contributed by atoms with Crippen molar-refractivity contribution in [3.8, 4) is 33.6 Å². The van der Waals surface area contributed by atoms with Gasteiger partial charge in [-0.3, -0.25) is 0 Å². The van der Waals surface area contributed by atoms with Crippen molar-refractivity contribution in [3.63, 3.8) is 0 Å². The van der Waals surface area contributed by atoms with Crippen LogP contribution in [0.25, 0.3) is 44.4 Å². The molecular weight excluding hydrogens is 729 g/mol. The van der Waals surface area contributed by atoms with Crippen LogP contribution < -0.4 is 5.19 Å². The van der Waals surface area contributed by atoms with E-state index < -0.39 is 8.07 Å². The molecule has 0 N–H and O–H groups in total. The summed E-state index contributed by atoms with van der Waals surface area (Å²) in [5, 5.41) is 3.99. The Hall–Kier alpha value is -3.69. The molecule has 0 saturated carbocycles. The van der Waals surface area contributed by atoms with Gasteiger partial charge in [0.05, 0.1) is 8.07 Å². The fourth-order valence-corrected chi connectivity index (χ4v) is 7.01. The molecule has 225 valence electrons. The van der Waals surface area contributed by atoms with Gasteiger partial charge < -0.3 is 9.97 Å². The molecule has 0 atom stereocenters. The number of aromatic nitrogens is 2. The predicted molar refractivity (Wildman–Crippen MR) is 186 cm³/mol. The molecule has 0 amide bonds. The van der Waals surface area contributed by atoms with Crippen LogP contribution in [-0.4, -0.2) is 18.0 Å².